The summed E-state index contributed by atoms with van der Waals surface area (Å²) in [4.78, 5) is 16.8. The molecule has 0 spiro atoms. The highest BCUT2D eigenvalue weighted by Gasteiger charge is 2.27. The van der Waals surface area contributed by atoms with E-state index in [9.17, 15) is 4.79 Å². The molecule has 2 aliphatic heterocycles. The van der Waals surface area contributed by atoms with Gasteiger partial charge in [-0.05, 0) is 51.1 Å². The van der Waals surface area contributed by atoms with Gasteiger partial charge in [0.05, 0.1) is 6.54 Å². The number of carbonyl (C=O) groups excluding carboxylic acids is 1. The van der Waals surface area contributed by atoms with Crippen molar-refractivity contribution in [2.24, 2.45) is 11.7 Å². The highest BCUT2D eigenvalue weighted by Crippen LogP contribution is 2.20. The molecule has 19 heavy (non-hydrogen) atoms. The Balaban J connectivity index is 1.82. The van der Waals surface area contributed by atoms with Crippen LogP contribution in [0.5, 0.6) is 0 Å². The maximum absolute atomic E-state index is 12.4. The minimum atomic E-state index is 0.329. The van der Waals surface area contributed by atoms with E-state index in [0.717, 1.165) is 51.4 Å². The smallest absolute Gasteiger partial charge is 0.236 e. The van der Waals surface area contributed by atoms with Crippen molar-refractivity contribution in [3.63, 3.8) is 0 Å². The summed E-state index contributed by atoms with van der Waals surface area (Å²) in [5.74, 6) is 1.11. The van der Waals surface area contributed by atoms with Crippen molar-refractivity contribution < 1.29 is 4.79 Å². The summed E-state index contributed by atoms with van der Waals surface area (Å²) < 4.78 is 0. The van der Waals surface area contributed by atoms with Crippen LogP contribution in [0.4, 0.5) is 0 Å². The van der Waals surface area contributed by atoms with Crippen molar-refractivity contribution in [2.75, 3.05) is 32.7 Å². The third-order valence-corrected chi connectivity index (χ3v) is 4.72. The molecule has 0 saturated carbocycles. The Morgan fingerprint density at radius 1 is 1.16 bits per heavy atom. The lowest BCUT2D eigenvalue weighted by atomic mass is 9.98. The number of amides is 1. The number of nitrogens with two attached hydrogens (primary N) is 1. The molecule has 1 amide bonds. The van der Waals surface area contributed by atoms with Gasteiger partial charge in [-0.3, -0.25) is 9.69 Å². The summed E-state index contributed by atoms with van der Waals surface area (Å²) in [5, 5.41) is 0. The van der Waals surface area contributed by atoms with E-state index in [-0.39, 0.29) is 0 Å². The lowest BCUT2D eigenvalue weighted by Gasteiger charge is -2.37. The van der Waals surface area contributed by atoms with E-state index in [1.165, 1.54) is 19.3 Å². The topological polar surface area (TPSA) is 49.6 Å². The quantitative estimate of drug-likeness (QED) is 0.838. The molecule has 1 atom stereocenters. The van der Waals surface area contributed by atoms with Gasteiger partial charge in [-0.15, -0.1) is 0 Å². The van der Waals surface area contributed by atoms with E-state index in [0.29, 0.717) is 18.5 Å². The van der Waals surface area contributed by atoms with E-state index in [1.807, 2.05) is 0 Å². The number of rotatable bonds is 4. The molecule has 2 saturated heterocycles. The molecule has 4 heteroatoms. The molecule has 2 heterocycles. The first kappa shape index (κ1) is 14.8. The second kappa shape index (κ2) is 7.25. The highest BCUT2D eigenvalue weighted by molar-refractivity contribution is 5.78. The van der Waals surface area contributed by atoms with Crippen molar-refractivity contribution in [3.8, 4) is 0 Å². The molecule has 2 aliphatic rings. The molecule has 0 aromatic rings. The van der Waals surface area contributed by atoms with Crippen LogP contribution in [-0.2, 0) is 4.79 Å². The fourth-order valence-corrected chi connectivity index (χ4v) is 3.32. The molecule has 0 aromatic carbocycles. The molecule has 2 fully saturated rings. The molecule has 110 valence electrons. The summed E-state index contributed by atoms with van der Waals surface area (Å²) in [7, 11) is 0. The van der Waals surface area contributed by atoms with Crippen LogP contribution < -0.4 is 5.73 Å². The molecule has 4 nitrogen and oxygen atoms in total. The Morgan fingerprint density at radius 2 is 1.89 bits per heavy atom. The standard InChI is InChI=1S/C15H29N3O/c1-13-6-10-17(11-7-13)15(19)12-18-9-3-2-4-14(18)5-8-16/h13-14H,2-12,16H2,1H3. The largest absolute Gasteiger partial charge is 0.342 e. The van der Waals surface area contributed by atoms with Crippen LogP contribution in [0.15, 0.2) is 0 Å². The van der Waals surface area contributed by atoms with Gasteiger partial charge in [0, 0.05) is 19.1 Å². The van der Waals surface area contributed by atoms with Gasteiger partial charge in [0.25, 0.3) is 0 Å². The first-order valence-corrected chi connectivity index (χ1v) is 7.92. The van der Waals surface area contributed by atoms with Gasteiger partial charge in [-0.2, -0.15) is 0 Å². The maximum Gasteiger partial charge on any atom is 0.236 e. The third kappa shape index (κ3) is 4.18. The van der Waals surface area contributed by atoms with Gasteiger partial charge in [0.2, 0.25) is 5.91 Å². The molecular formula is C15H29N3O. The van der Waals surface area contributed by atoms with Crippen molar-refractivity contribution in [1.29, 1.82) is 0 Å². The summed E-state index contributed by atoms with van der Waals surface area (Å²) in [6, 6.07) is 0.534. The number of nitrogens with zero attached hydrogens (tertiary/aromatic N) is 2. The Morgan fingerprint density at radius 3 is 2.58 bits per heavy atom. The van der Waals surface area contributed by atoms with Crippen LogP contribution in [0.25, 0.3) is 0 Å². The maximum atomic E-state index is 12.4. The van der Waals surface area contributed by atoms with Gasteiger partial charge in [0.1, 0.15) is 0 Å². The van der Waals surface area contributed by atoms with Crippen LogP contribution in [0.2, 0.25) is 0 Å². The Hall–Kier alpha value is -0.610. The zero-order valence-electron chi connectivity index (χ0n) is 12.3. The summed E-state index contributed by atoms with van der Waals surface area (Å²) in [6.45, 7) is 6.60. The number of hydrogen-bond acceptors (Lipinski definition) is 3. The lowest BCUT2D eigenvalue weighted by molar-refractivity contribution is -0.134. The summed E-state index contributed by atoms with van der Waals surface area (Å²) in [5.41, 5.74) is 5.69. The van der Waals surface area contributed by atoms with Crippen molar-refractivity contribution in [3.05, 3.63) is 0 Å². The van der Waals surface area contributed by atoms with E-state index in [1.54, 1.807) is 0 Å². The van der Waals surface area contributed by atoms with Gasteiger partial charge in [0.15, 0.2) is 0 Å². The highest BCUT2D eigenvalue weighted by atomic mass is 16.2. The Bertz CT molecular complexity index is 285. The second-order valence-corrected chi connectivity index (χ2v) is 6.26. The molecule has 0 aliphatic carbocycles. The normalized spacial score (nSPS) is 26.6. The van der Waals surface area contributed by atoms with Gasteiger partial charge >= 0.3 is 0 Å². The van der Waals surface area contributed by atoms with Crippen LogP contribution in [0.3, 0.4) is 0 Å². The fourth-order valence-electron chi connectivity index (χ4n) is 3.32. The number of likely N-dealkylation sites (tertiary alicyclic amines) is 2. The SMILES string of the molecule is CC1CCN(C(=O)CN2CCCCC2CCN)CC1. The zero-order chi connectivity index (χ0) is 13.7. The van der Waals surface area contributed by atoms with Gasteiger partial charge in [-0.1, -0.05) is 13.3 Å². The molecule has 0 bridgehead atoms. The molecule has 1 unspecified atom stereocenters. The Labute approximate surface area is 117 Å². The van der Waals surface area contributed by atoms with Gasteiger partial charge in [-0.25, -0.2) is 0 Å². The molecular weight excluding hydrogens is 238 g/mol. The lowest BCUT2D eigenvalue weighted by Crippen LogP contribution is -2.48. The van der Waals surface area contributed by atoms with Crippen molar-refractivity contribution in [1.82, 2.24) is 9.80 Å². The third-order valence-electron chi connectivity index (χ3n) is 4.72. The van der Waals surface area contributed by atoms with E-state index in [4.69, 9.17) is 5.73 Å². The average molecular weight is 267 g/mol. The van der Waals surface area contributed by atoms with E-state index in [2.05, 4.69) is 16.7 Å². The number of piperidine rings is 2. The van der Waals surface area contributed by atoms with Crippen LogP contribution >= 0.6 is 0 Å². The summed E-state index contributed by atoms with van der Waals surface area (Å²) in [6.07, 6.45) is 7.09. The predicted octanol–water partition coefficient (Wildman–Crippen LogP) is 1.45. The second-order valence-electron chi connectivity index (χ2n) is 6.26. The monoisotopic (exact) mass is 267 g/mol. The first-order chi connectivity index (χ1) is 9.20. The fraction of sp³-hybridized carbons (Fsp3) is 0.933. The molecule has 2 rings (SSSR count). The molecule has 2 N–H and O–H groups in total. The molecule has 0 radical (unpaired) electrons. The van der Waals surface area contributed by atoms with Gasteiger partial charge < -0.3 is 10.6 Å². The van der Waals surface area contributed by atoms with Crippen LogP contribution in [0, 0.1) is 5.92 Å². The van der Waals surface area contributed by atoms with Crippen LogP contribution in [-0.4, -0.2) is 54.5 Å². The number of hydrogen-bond donors (Lipinski definition) is 1. The van der Waals surface area contributed by atoms with Crippen molar-refractivity contribution in [2.45, 2.75) is 51.5 Å². The average Bonchev–Trinajstić information content (AvgIpc) is 2.42. The zero-order valence-corrected chi connectivity index (χ0v) is 12.3. The van der Waals surface area contributed by atoms with E-state index >= 15 is 0 Å². The minimum Gasteiger partial charge on any atom is -0.342 e. The minimum absolute atomic E-state index is 0.329. The number of carbonyl (C=O) groups is 1. The Kier molecular flexibility index (Phi) is 5.64. The van der Waals surface area contributed by atoms with Crippen LogP contribution in [0.1, 0.15) is 45.4 Å². The van der Waals surface area contributed by atoms with E-state index < -0.39 is 0 Å². The summed E-state index contributed by atoms with van der Waals surface area (Å²) >= 11 is 0. The van der Waals surface area contributed by atoms with Crippen molar-refractivity contribution >= 4 is 5.91 Å². The predicted molar refractivity (Wildman–Crippen MR) is 77.9 cm³/mol. The first-order valence-electron chi connectivity index (χ1n) is 7.92. The molecule has 0 aromatic heterocycles.